The maximum Gasteiger partial charge on any atom is 0.271 e. The Hall–Kier alpha value is -4.20. The van der Waals surface area contributed by atoms with Crippen LogP contribution in [-0.4, -0.2) is 31.7 Å². The van der Waals surface area contributed by atoms with Crippen molar-refractivity contribution in [2.75, 3.05) is 19.0 Å². The summed E-state index contributed by atoms with van der Waals surface area (Å²) in [6.45, 7) is -0.218. The minimum atomic E-state index is -0.382. The molecule has 3 rings (SSSR count). The number of hydrogen-bond donors (Lipinski definition) is 2. The molecule has 0 aliphatic heterocycles. The van der Waals surface area contributed by atoms with Gasteiger partial charge in [0.15, 0.2) is 6.61 Å². The number of hydrazone groups is 1. The number of amides is 2. The third kappa shape index (κ3) is 6.67. The zero-order valence-electron chi connectivity index (χ0n) is 16.7. The second kappa shape index (κ2) is 10.5. The maximum absolute atomic E-state index is 12.9. The quantitative estimate of drug-likeness (QED) is 0.430. The Balaban J connectivity index is 1.51. The zero-order chi connectivity index (χ0) is 22.1. The average molecular weight is 421 g/mol. The van der Waals surface area contributed by atoms with Gasteiger partial charge < -0.3 is 14.8 Å². The molecule has 0 bridgehead atoms. The van der Waals surface area contributed by atoms with Crippen LogP contribution in [0.3, 0.4) is 0 Å². The summed E-state index contributed by atoms with van der Waals surface area (Å²) in [7, 11) is 1.52. The first-order chi connectivity index (χ1) is 15.0. The van der Waals surface area contributed by atoms with Crippen LogP contribution in [-0.2, 0) is 4.79 Å². The molecule has 0 aliphatic rings. The first kappa shape index (κ1) is 21.5. The number of nitrogens with zero attached hydrogens (tertiary/aromatic N) is 1. The lowest BCUT2D eigenvalue weighted by molar-refractivity contribution is -0.118. The Bertz CT molecular complexity index is 1080. The summed E-state index contributed by atoms with van der Waals surface area (Å²) in [4.78, 5) is 24.1. The van der Waals surface area contributed by atoms with E-state index < -0.39 is 0 Å². The SMILES string of the molecule is COc1cccc(C(=O)NN=Cc2cccc(OCC(=O)Nc3ccc(F)cc3)c2)c1. The monoisotopic (exact) mass is 421 g/mol. The van der Waals surface area contributed by atoms with Gasteiger partial charge in [0, 0.05) is 11.3 Å². The van der Waals surface area contributed by atoms with Crippen molar-refractivity contribution in [2.24, 2.45) is 5.10 Å². The average Bonchev–Trinajstić information content (AvgIpc) is 2.79. The highest BCUT2D eigenvalue weighted by Gasteiger charge is 2.06. The van der Waals surface area contributed by atoms with E-state index in [1.807, 2.05) is 0 Å². The predicted octanol–water partition coefficient (Wildman–Crippen LogP) is 3.62. The normalized spacial score (nSPS) is 10.5. The van der Waals surface area contributed by atoms with E-state index in [-0.39, 0.29) is 24.2 Å². The molecule has 0 fully saturated rings. The number of methoxy groups -OCH3 is 1. The minimum Gasteiger partial charge on any atom is -0.497 e. The number of rotatable bonds is 8. The van der Waals surface area contributed by atoms with Gasteiger partial charge in [-0.05, 0) is 60.2 Å². The van der Waals surface area contributed by atoms with Gasteiger partial charge in [0.05, 0.1) is 13.3 Å². The largest absolute Gasteiger partial charge is 0.497 e. The molecule has 3 aromatic carbocycles. The molecule has 0 saturated heterocycles. The van der Waals surface area contributed by atoms with Crippen molar-refractivity contribution in [1.29, 1.82) is 0 Å². The lowest BCUT2D eigenvalue weighted by Crippen LogP contribution is -2.20. The van der Waals surface area contributed by atoms with E-state index in [0.717, 1.165) is 0 Å². The highest BCUT2D eigenvalue weighted by molar-refractivity contribution is 5.95. The van der Waals surface area contributed by atoms with Crippen LogP contribution in [0.25, 0.3) is 0 Å². The van der Waals surface area contributed by atoms with Gasteiger partial charge in [-0.1, -0.05) is 18.2 Å². The van der Waals surface area contributed by atoms with E-state index in [9.17, 15) is 14.0 Å². The van der Waals surface area contributed by atoms with Crippen LogP contribution in [0.4, 0.5) is 10.1 Å². The number of anilines is 1. The molecule has 2 amide bonds. The van der Waals surface area contributed by atoms with Crippen LogP contribution < -0.4 is 20.2 Å². The fraction of sp³-hybridized carbons (Fsp3) is 0.0870. The lowest BCUT2D eigenvalue weighted by atomic mass is 10.2. The first-order valence-electron chi connectivity index (χ1n) is 9.29. The molecule has 0 saturated carbocycles. The van der Waals surface area contributed by atoms with Crippen LogP contribution in [0.15, 0.2) is 77.9 Å². The smallest absolute Gasteiger partial charge is 0.271 e. The summed E-state index contributed by atoms with van der Waals surface area (Å²) in [5.41, 5.74) is 4.00. The highest BCUT2D eigenvalue weighted by Crippen LogP contribution is 2.14. The van der Waals surface area contributed by atoms with Gasteiger partial charge in [-0.2, -0.15) is 5.10 Å². The van der Waals surface area contributed by atoms with Gasteiger partial charge in [-0.25, -0.2) is 9.82 Å². The van der Waals surface area contributed by atoms with Crippen molar-refractivity contribution in [1.82, 2.24) is 5.43 Å². The van der Waals surface area contributed by atoms with Crippen LogP contribution in [0.1, 0.15) is 15.9 Å². The van der Waals surface area contributed by atoms with Gasteiger partial charge in [0.1, 0.15) is 17.3 Å². The molecule has 0 spiro atoms. The Morgan fingerprint density at radius 3 is 2.52 bits per heavy atom. The molecule has 8 heteroatoms. The van der Waals surface area contributed by atoms with E-state index in [1.165, 1.54) is 37.6 Å². The Morgan fingerprint density at radius 1 is 1.00 bits per heavy atom. The van der Waals surface area contributed by atoms with Crippen molar-refractivity contribution in [3.63, 3.8) is 0 Å². The van der Waals surface area contributed by atoms with Crippen LogP contribution in [0.5, 0.6) is 11.5 Å². The zero-order valence-corrected chi connectivity index (χ0v) is 16.7. The summed E-state index contributed by atoms with van der Waals surface area (Å²) in [5.74, 6) is -0.106. The summed E-state index contributed by atoms with van der Waals surface area (Å²) < 4.78 is 23.5. The summed E-state index contributed by atoms with van der Waals surface area (Å²) >= 11 is 0. The number of ether oxygens (including phenoxy) is 2. The van der Waals surface area contributed by atoms with Crippen molar-refractivity contribution < 1.29 is 23.5 Å². The van der Waals surface area contributed by atoms with Gasteiger partial charge in [-0.3, -0.25) is 9.59 Å². The number of carbonyl (C=O) groups is 2. The van der Waals surface area contributed by atoms with E-state index in [1.54, 1.807) is 48.5 Å². The Labute approximate surface area is 178 Å². The molecule has 3 aromatic rings. The second-order valence-corrected chi connectivity index (χ2v) is 6.35. The fourth-order valence-corrected chi connectivity index (χ4v) is 2.56. The summed E-state index contributed by atoms with van der Waals surface area (Å²) in [5, 5.41) is 6.55. The fourth-order valence-electron chi connectivity index (χ4n) is 2.56. The summed E-state index contributed by atoms with van der Waals surface area (Å²) in [6.07, 6.45) is 1.46. The van der Waals surface area contributed by atoms with E-state index in [2.05, 4.69) is 15.8 Å². The molecule has 0 aromatic heterocycles. The molecule has 7 nitrogen and oxygen atoms in total. The van der Waals surface area contributed by atoms with Crippen molar-refractivity contribution in [2.45, 2.75) is 0 Å². The van der Waals surface area contributed by atoms with Crippen LogP contribution >= 0.6 is 0 Å². The molecule has 0 aliphatic carbocycles. The Morgan fingerprint density at radius 2 is 1.74 bits per heavy atom. The summed E-state index contributed by atoms with van der Waals surface area (Å²) in [6, 6.07) is 19.0. The molecule has 0 atom stereocenters. The first-order valence-corrected chi connectivity index (χ1v) is 9.29. The van der Waals surface area contributed by atoms with Crippen LogP contribution in [0, 0.1) is 5.82 Å². The van der Waals surface area contributed by atoms with Gasteiger partial charge >= 0.3 is 0 Å². The van der Waals surface area contributed by atoms with E-state index in [4.69, 9.17) is 9.47 Å². The molecule has 31 heavy (non-hydrogen) atoms. The topological polar surface area (TPSA) is 89.0 Å². The molecular weight excluding hydrogens is 401 g/mol. The second-order valence-electron chi connectivity index (χ2n) is 6.35. The minimum absolute atomic E-state index is 0.218. The standard InChI is InChI=1S/C23H20FN3O4/c1-30-20-6-3-5-17(13-20)23(29)27-25-14-16-4-2-7-21(12-16)31-15-22(28)26-19-10-8-18(24)9-11-19/h2-14H,15H2,1H3,(H,26,28)(H,27,29). The van der Waals surface area contributed by atoms with Crippen molar-refractivity contribution >= 4 is 23.7 Å². The molecule has 0 heterocycles. The number of nitrogens with one attached hydrogen (secondary N) is 2. The van der Waals surface area contributed by atoms with Gasteiger partial charge in [-0.15, -0.1) is 0 Å². The van der Waals surface area contributed by atoms with Crippen molar-refractivity contribution in [3.8, 4) is 11.5 Å². The molecule has 158 valence electrons. The van der Waals surface area contributed by atoms with Gasteiger partial charge in [0.25, 0.3) is 11.8 Å². The predicted molar refractivity (Wildman–Crippen MR) is 115 cm³/mol. The van der Waals surface area contributed by atoms with Crippen molar-refractivity contribution in [3.05, 3.63) is 89.7 Å². The molecule has 0 unspecified atom stereocenters. The number of benzene rings is 3. The third-order valence-corrected chi connectivity index (χ3v) is 4.07. The molecular formula is C23H20FN3O4. The van der Waals surface area contributed by atoms with Gasteiger partial charge in [0.2, 0.25) is 0 Å². The maximum atomic E-state index is 12.9. The number of hydrogen-bond acceptors (Lipinski definition) is 5. The van der Waals surface area contributed by atoms with Crippen LogP contribution in [0.2, 0.25) is 0 Å². The number of halogens is 1. The lowest BCUT2D eigenvalue weighted by Gasteiger charge is -2.08. The Kier molecular flexibility index (Phi) is 7.31. The molecule has 2 N–H and O–H groups in total. The highest BCUT2D eigenvalue weighted by atomic mass is 19.1. The third-order valence-electron chi connectivity index (χ3n) is 4.07. The number of carbonyl (C=O) groups excluding carboxylic acids is 2. The van der Waals surface area contributed by atoms with E-state index >= 15 is 0 Å². The van der Waals surface area contributed by atoms with E-state index in [0.29, 0.717) is 28.3 Å². The molecule has 0 radical (unpaired) electrons.